The summed E-state index contributed by atoms with van der Waals surface area (Å²) in [6.45, 7) is -0.466. The Hall–Kier alpha value is -0.170. The summed E-state index contributed by atoms with van der Waals surface area (Å²) in [6, 6.07) is 0. The van der Waals surface area contributed by atoms with Crippen LogP contribution in [0.25, 0.3) is 0 Å². The first-order valence-corrected chi connectivity index (χ1v) is 2.91. The summed E-state index contributed by atoms with van der Waals surface area (Å²) < 4.78 is 6.66. The maximum absolute atomic E-state index is 9.32. The highest BCUT2D eigenvalue weighted by Crippen LogP contribution is 2.02. The highest BCUT2D eigenvalue weighted by atomic mass is 32.2. The highest BCUT2D eigenvalue weighted by Gasteiger charge is 2.00. The SMILES string of the molecule is O=NSOC[C@@H](O)CO. The van der Waals surface area contributed by atoms with Gasteiger partial charge in [-0.15, -0.1) is 4.91 Å². The van der Waals surface area contributed by atoms with E-state index in [1.165, 1.54) is 0 Å². The molecule has 0 fully saturated rings. The lowest BCUT2D eigenvalue weighted by atomic mass is 10.4. The van der Waals surface area contributed by atoms with Crippen molar-refractivity contribution in [1.29, 1.82) is 0 Å². The van der Waals surface area contributed by atoms with Gasteiger partial charge in [-0.1, -0.05) is 0 Å². The molecule has 0 heterocycles. The van der Waals surface area contributed by atoms with Crippen molar-refractivity contribution in [3.63, 3.8) is 0 Å². The van der Waals surface area contributed by atoms with Crippen molar-refractivity contribution in [3.8, 4) is 0 Å². The summed E-state index contributed by atoms with van der Waals surface area (Å²) in [4.78, 5) is 9.32. The van der Waals surface area contributed by atoms with Crippen molar-refractivity contribution in [2.45, 2.75) is 6.10 Å². The van der Waals surface area contributed by atoms with Crippen LogP contribution in [0.15, 0.2) is 4.58 Å². The predicted molar refractivity (Wildman–Crippen MR) is 32.4 cm³/mol. The largest absolute Gasteiger partial charge is 0.394 e. The van der Waals surface area contributed by atoms with Gasteiger partial charge in [0, 0.05) is 4.58 Å². The van der Waals surface area contributed by atoms with Crippen LogP contribution < -0.4 is 0 Å². The lowest BCUT2D eigenvalue weighted by Gasteiger charge is -2.02. The average Bonchev–Trinajstić information content (AvgIpc) is 1.89. The van der Waals surface area contributed by atoms with Gasteiger partial charge in [0.25, 0.3) is 0 Å². The van der Waals surface area contributed by atoms with Crippen molar-refractivity contribution >= 4 is 12.2 Å². The Morgan fingerprint density at radius 3 is 2.89 bits per heavy atom. The summed E-state index contributed by atoms with van der Waals surface area (Å²) in [5.74, 6) is 0. The minimum absolute atomic E-state index is 0.0904. The second kappa shape index (κ2) is 5.96. The van der Waals surface area contributed by atoms with E-state index in [9.17, 15) is 4.91 Å². The van der Waals surface area contributed by atoms with Crippen LogP contribution in [-0.2, 0) is 4.18 Å². The summed E-state index contributed by atoms with van der Waals surface area (Å²) >= 11 is 0.350. The van der Waals surface area contributed by atoms with Crippen LogP contribution in [0.1, 0.15) is 0 Å². The Labute approximate surface area is 56.3 Å². The third kappa shape index (κ3) is 5.71. The van der Waals surface area contributed by atoms with Crippen molar-refractivity contribution in [1.82, 2.24) is 0 Å². The van der Waals surface area contributed by atoms with E-state index in [-0.39, 0.29) is 13.2 Å². The topological polar surface area (TPSA) is 79.1 Å². The van der Waals surface area contributed by atoms with Crippen molar-refractivity contribution in [2.75, 3.05) is 13.2 Å². The van der Waals surface area contributed by atoms with Gasteiger partial charge < -0.3 is 10.2 Å². The van der Waals surface area contributed by atoms with Gasteiger partial charge in [-0.3, -0.25) is 4.18 Å². The summed E-state index contributed by atoms with van der Waals surface area (Å²) in [7, 11) is 0. The molecule has 0 aliphatic heterocycles. The van der Waals surface area contributed by atoms with Crippen molar-refractivity contribution in [2.24, 2.45) is 4.58 Å². The van der Waals surface area contributed by atoms with Gasteiger partial charge in [0.05, 0.1) is 13.2 Å². The van der Waals surface area contributed by atoms with Crippen LogP contribution in [0.3, 0.4) is 0 Å². The third-order valence-corrected chi connectivity index (χ3v) is 0.857. The summed E-state index contributed by atoms with van der Waals surface area (Å²) in [6.07, 6.45) is -0.931. The zero-order valence-electron chi connectivity index (χ0n) is 4.56. The minimum atomic E-state index is -0.931. The molecule has 0 saturated heterocycles. The molecule has 0 aliphatic rings. The van der Waals surface area contributed by atoms with Gasteiger partial charge in [-0.2, -0.15) is 0 Å². The Balaban J connectivity index is 2.96. The molecule has 0 aromatic carbocycles. The lowest BCUT2D eigenvalue weighted by molar-refractivity contribution is 0.0603. The molecular weight excluding hydrogens is 146 g/mol. The van der Waals surface area contributed by atoms with Gasteiger partial charge in [0.1, 0.15) is 6.10 Å². The average molecular weight is 153 g/mol. The predicted octanol–water partition coefficient (Wildman–Crippen LogP) is -0.314. The number of nitroso groups, excluding NO2 is 1. The maximum atomic E-state index is 9.32. The van der Waals surface area contributed by atoms with E-state index >= 15 is 0 Å². The smallest absolute Gasteiger partial charge is 0.181 e. The molecule has 0 unspecified atom stereocenters. The quantitative estimate of drug-likeness (QED) is 0.245. The zero-order chi connectivity index (χ0) is 7.11. The van der Waals surface area contributed by atoms with E-state index in [4.69, 9.17) is 10.2 Å². The van der Waals surface area contributed by atoms with Crippen LogP contribution in [0.5, 0.6) is 0 Å². The first-order valence-electron chi connectivity index (χ1n) is 2.21. The molecule has 0 bridgehead atoms. The van der Waals surface area contributed by atoms with E-state index in [1.54, 1.807) is 0 Å². The standard InChI is InChI=1S/C3H7NO4S/c5-1-3(6)2-8-9-4-7/h3,5-6H,1-2H2/t3-/m0/s1. The van der Waals surface area contributed by atoms with E-state index in [0.717, 1.165) is 0 Å². The van der Waals surface area contributed by atoms with Gasteiger partial charge in [-0.05, 0) is 0 Å². The molecule has 0 spiro atoms. The molecule has 0 radical (unpaired) electrons. The molecule has 0 rings (SSSR count). The Morgan fingerprint density at radius 1 is 1.78 bits per heavy atom. The van der Waals surface area contributed by atoms with Crippen molar-refractivity contribution in [3.05, 3.63) is 4.91 Å². The Kier molecular flexibility index (Phi) is 5.85. The normalized spacial score (nSPS) is 13.1. The number of aliphatic hydroxyl groups excluding tert-OH is 2. The number of hydrogen-bond donors (Lipinski definition) is 2. The van der Waals surface area contributed by atoms with Crippen molar-refractivity contribution < 1.29 is 14.4 Å². The molecule has 6 heteroatoms. The van der Waals surface area contributed by atoms with Crippen LogP contribution >= 0.6 is 12.2 Å². The second-order valence-corrected chi connectivity index (χ2v) is 1.80. The third-order valence-electron chi connectivity index (χ3n) is 0.554. The number of rotatable bonds is 5. The fraction of sp³-hybridized carbons (Fsp3) is 1.00. The Bertz CT molecular complexity index is 80.2. The molecule has 9 heavy (non-hydrogen) atoms. The van der Waals surface area contributed by atoms with Gasteiger partial charge in [0.15, 0.2) is 12.2 Å². The molecule has 54 valence electrons. The fourth-order valence-electron chi connectivity index (χ4n) is 0.183. The van der Waals surface area contributed by atoms with E-state index in [0.29, 0.717) is 12.2 Å². The molecular formula is C3H7NO4S. The molecule has 2 N–H and O–H groups in total. The van der Waals surface area contributed by atoms with Crippen LogP contribution in [0.4, 0.5) is 0 Å². The summed E-state index contributed by atoms with van der Waals surface area (Å²) in [5.41, 5.74) is 0. The molecule has 5 nitrogen and oxygen atoms in total. The first kappa shape index (κ1) is 8.83. The molecule has 0 amide bonds. The van der Waals surface area contributed by atoms with Gasteiger partial charge in [-0.25, -0.2) is 0 Å². The van der Waals surface area contributed by atoms with E-state index in [1.807, 2.05) is 0 Å². The second-order valence-electron chi connectivity index (χ2n) is 1.27. The zero-order valence-corrected chi connectivity index (χ0v) is 5.37. The van der Waals surface area contributed by atoms with E-state index < -0.39 is 6.10 Å². The van der Waals surface area contributed by atoms with Gasteiger partial charge >= 0.3 is 0 Å². The van der Waals surface area contributed by atoms with Crippen LogP contribution in [-0.4, -0.2) is 29.5 Å². The maximum Gasteiger partial charge on any atom is 0.181 e. The molecule has 0 aromatic heterocycles. The van der Waals surface area contributed by atoms with Crippen LogP contribution in [0, 0.1) is 4.91 Å². The monoisotopic (exact) mass is 153 g/mol. The van der Waals surface area contributed by atoms with E-state index in [2.05, 4.69) is 8.77 Å². The molecule has 0 aliphatic carbocycles. The molecule has 1 atom stereocenters. The highest BCUT2D eigenvalue weighted by molar-refractivity contribution is 7.93. The molecule has 0 aromatic rings. The van der Waals surface area contributed by atoms with Gasteiger partial charge in [0.2, 0.25) is 0 Å². The number of aliphatic hydroxyl groups is 2. The summed E-state index contributed by atoms with van der Waals surface area (Å²) in [5, 5.41) is 16.7. The number of hydrogen-bond acceptors (Lipinski definition) is 6. The number of nitrogens with zero attached hydrogens (tertiary/aromatic N) is 1. The Morgan fingerprint density at radius 2 is 2.44 bits per heavy atom. The first-order chi connectivity index (χ1) is 4.31. The van der Waals surface area contributed by atoms with Crippen LogP contribution in [0.2, 0.25) is 0 Å². The fourth-order valence-corrected chi connectivity index (χ4v) is 0.444. The lowest BCUT2D eigenvalue weighted by Crippen LogP contribution is -2.17. The molecule has 0 saturated carbocycles. The minimum Gasteiger partial charge on any atom is -0.394 e.